The van der Waals surface area contributed by atoms with Crippen molar-refractivity contribution in [3.63, 3.8) is 0 Å². The summed E-state index contributed by atoms with van der Waals surface area (Å²) in [4.78, 5) is 11.1. The van der Waals surface area contributed by atoms with E-state index in [9.17, 15) is 0 Å². The van der Waals surface area contributed by atoms with E-state index < -0.39 is 0 Å². The van der Waals surface area contributed by atoms with E-state index in [2.05, 4.69) is 30.4 Å². The number of rotatable bonds is 3. The Morgan fingerprint density at radius 1 is 1.14 bits per heavy atom. The number of hydrogen-bond donors (Lipinski definition) is 2. The lowest BCUT2D eigenvalue weighted by Gasteiger charge is -2.16. The van der Waals surface area contributed by atoms with E-state index >= 15 is 0 Å². The predicted molar refractivity (Wildman–Crippen MR) is 87.9 cm³/mol. The van der Waals surface area contributed by atoms with E-state index in [0.29, 0.717) is 16.9 Å². The van der Waals surface area contributed by atoms with Gasteiger partial charge in [0.1, 0.15) is 11.0 Å². The number of H-pyrrole nitrogens is 1. The number of halogens is 1. The minimum atomic E-state index is 0.448. The van der Waals surface area contributed by atoms with Gasteiger partial charge >= 0.3 is 0 Å². The number of hydrogen-bond acceptors (Lipinski definition) is 5. The third kappa shape index (κ3) is 2.57. The summed E-state index contributed by atoms with van der Waals surface area (Å²) in [6.45, 7) is 1.97. The van der Waals surface area contributed by atoms with E-state index in [1.165, 1.54) is 12.8 Å². The number of anilines is 3. The molecule has 0 amide bonds. The molecule has 3 heterocycles. The number of nitrogens with zero attached hydrogens (tertiary/aromatic N) is 4. The van der Waals surface area contributed by atoms with Gasteiger partial charge in [0.25, 0.3) is 0 Å². The first kappa shape index (κ1) is 13.3. The minimum absolute atomic E-state index is 0.448. The van der Waals surface area contributed by atoms with Crippen LogP contribution in [0.15, 0.2) is 30.5 Å². The summed E-state index contributed by atoms with van der Waals surface area (Å²) in [6.07, 6.45) is 4.15. The lowest BCUT2D eigenvalue weighted by Crippen LogP contribution is -2.20. The Morgan fingerprint density at radius 3 is 2.86 bits per heavy atom. The second kappa shape index (κ2) is 5.46. The summed E-state index contributed by atoms with van der Waals surface area (Å²) < 4.78 is 0. The molecule has 0 spiro atoms. The molecule has 22 heavy (non-hydrogen) atoms. The van der Waals surface area contributed by atoms with Gasteiger partial charge in [0.2, 0.25) is 5.95 Å². The molecule has 1 saturated heterocycles. The highest BCUT2D eigenvalue weighted by atomic mass is 35.5. The van der Waals surface area contributed by atoms with Crippen molar-refractivity contribution in [1.82, 2.24) is 20.2 Å². The Kier molecular flexibility index (Phi) is 3.31. The molecule has 2 N–H and O–H groups in total. The second-order valence-corrected chi connectivity index (χ2v) is 5.75. The van der Waals surface area contributed by atoms with Crippen LogP contribution in [0.25, 0.3) is 10.9 Å². The van der Waals surface area contributed by atoms with Crippen molar-refractivity contribution in [2.24, 2.45) is 0 Å². The zero-order chi connectivity index (χ0) is 14.9. The average Bonchev–Trinajstić information content (AvgIpc) is 3.18. The van der Waals surface area contributed by atoms with Crippen LogP contribution in [0.5, 0.6) is 0 Å². The summed E-state index contributed by atoms with van der Waals surface area (Å²) in [5, 5.41) is 11.7. The van der Waals surface area contributed by atoms with E-state index in [4.69, 9.17) is 11.6 Å². The molecule has 1 aromatic carbocycles. The molecule has 1 aliphatic rings. The lowest BCUT2D eigenvalue weighted by molar-refractivity contribution is 0.900. The maximum Gasteiger partial charge on any atom is 0.228 e. The van der Waals surface area contributed by atoms with Gasteiger partial charge in [-0.15, -0.1) is 0 Å². The molecule has 2 aromatic heterocycles. The molecular formula is C15H15ClN6. The molecule has 6 nitrogen and oxygen atoms in total. The molecular weight excluding hydrogens is 300 g/mol. The van der Waals surface area contributed by atoms with E-state index in [1.54, 1.807) is 12.3 Å². The van der Waals surface area contributed by atoms with Crippen molar-refractivity contribution in [2.45, 2.75) is 12.8 Å². The molecule has 1 aliphatic heterocycles. The average molecular weight is 315 g/mol. The smallest absolute Gasteiger partial charge is 0.228 e. The molecule has 0 radical (unpaired) electrons. The van der Waals surface area contributed by atoms with Crippen LogP contribution in [0.4, 0.5) is 17.5 Å². The third-order valence-electron chi connectivity index (χ3n) is 3.78. The summed E-state index contributed by atoms with van der Waals surface area (Å²) in [5.74, 6) is 1.39. The monoisotopic (exact) mass is 314 g/mol. The molecule has 0 aliphatic carbocycles. The zero-order valence-corrected chi connectivity index (χ0v) is 12.6. The van der Waals surface area contributed by atoms with Crippen LogP contribution in [0.2, 0.25) is 5.15 Å². The lowest BCUT2D eigenvalue weighted by atomic mass is 10.2. The van der Waals surface area contributed by atoms with Crippen molar-refractivity contribution in [2.75, 3.05) is 23.3 Å². The SMILES string of the molecule is Clc1cc(Nc2ccc3[nH]ncc3c2)nc(N2CCCC2)n1. The molecule has 0 bridgehead atoms. The van der Waals surface area contributed by atoms with Crippen molar-refractivity contribution in [1.29, 1.82) is 0 Å². The molecule has 3 aromatic rings. The Morgan fingerprint density at radius 2 is 2.00 bits per heavy atom. The Balaban J connectivity index is 1.63. The fraction of sp³-hybridized carbons (Fsp3) is 0.267. The van der Waals surface area contributed by atoms with E-state index in [1.807, 2.05) is 18.2 Å². The van der Waals surface area contributed by atoms with Gasteiger partial charge in [-0.1, -0.05) is 11.6 Å². The van der Waals surface area contributed by atoms with Gasteiger partial charge in [0, 0.05) is 30.2 Å². The maximum absolute atomic E-state index is 6.14. The van der Waals surface area contributed by atoms with Crippen molar-refractivity contribution < 1.29 is 0 Å². The Bertz CT molecular complexity index is 809. The summed E-state index contributed by atoms with van der Waals surface area (Å²) in [7, 11) is 0. The zero-order valence-electron chi connectivity index (χ0n) is 11.9. The van der Waals surface area contributed by atoms with Crippen molar-refractivity contribution in [3.05, 3.63) is 35.6 Å². The quantitative estimate of drug-likeness (QED) is 0.726. The van der Waals surface area contributed by atoms with Gasteiger partial charge in [-0.3, -0.25) is 5.10 Å². The molecule has 112 valence electrons. The first-order valence-electron chi connectivity index (χ1n) is 7.28. The summed E-state index contributed by atoms with van der Waals surface area (Å²) >= 11 is 6.14. The highest BCUT2D eigenvalue weighted by Gasteiger charge is 2.16. The van der Waals surface area contributed by atoms with Gasteiger partial charge in [-0.25, -0.2) is 4.98 Å². The topological polar surface area (TPSA) is 69.7 Å². The van der Waals surface area contributed by atoms with Crippen LogP contribution in [-0.4, -0.2) is 33.3 Å². The number of aromatic amines is 1. The van der Waals surface area contributed by atoms with Crippen LogP contribution in [0.3, 0.4) is 0 Å². The molecule has 1 fully saturated rings. The van der Waals surface area contributed by atoms with Crippen LogP contribution in [0, 0.1) is 0 Å². The standard InChI is InChI=1S/C15H15ClN6/c16-13-8-14(20-15(19-13)22-5-1-2-6-22)18-11-3-4-12-10(7-11)9-17-21-12/h3-4,7-9H,1-2,5-6H2,(H,17,21)(H,18,19,20). The second-order valence-electron chi connectivity index (χ2n) is 5.37. The molecule has 0 atom stereocenters. The fourth-order valence-corrected chi connectivity index (χ4v) is 2.88. The molecule has 7 heteroatoms. The van der Waals surface area contributed by atoms with E-state index in [0.717, 1.165) is 29.7 Å². The van der Waals surface area contributed by atoms with Crippen molar-refractivity contribution >= 4 is 40.0 Å². The van der Waals surface area contributed by atoms with Gasteiger partial charge in [-0.2, -0.15) is 10.1 Å². The maximum atomic E-state index is 6.14. The first-order valence-corrected chi connectivity index (χ1v) is 7.65. The Hall–Kier alpha value is -2.34. The van der Waals surface area contributed by atoms with Crippen LogP contribution in [-0.2, 0) is 0 Å². The third-order valence-corrected chi connectivity index (χ3v) is 3.98. The number of benzene rings is 1. The van der Waals surface area contributed by atoms with Gasteiger partial charge in [0.05, 0.1) is 11.7 Å². The first-order chi connectivity index (χ1) is 10.8. The van der Waals surface area contributed by atoms with Crippen molar-refractivity contribution in [3.8, 4) is 0 Å². The van der Waals surface area contributed by atoms with Gasteiger partial charge < -0.3 is 10.2 Å². The minimum Gasteiger partial charge on any atom is -0.341 e. The molecule has 0 saturated carbocycles. The molecule has 4 rings (SSSR count). The van der Waals surface area contributed by atoms with Crippen LogP contribution in [0.1, 0.15) is 12.8 Å². The Labute approximate surface area is 132 Å². The summed E-state index contributed by atoms with van der Waals surface area (Å²) in [6, 6.07) is 7.71. The number of fused-ring (bicyclic) bond motifs is 1. The van der Waals surface area contributed by atoms with Gasteiger partial charge in [0.15, 0.2) is 0 Å². The van der Waals surface area contributed by atoms with E-state index in [-0.39, 0.29) is 0 Å². The molecule has 0 unspecified atom stereocenters. The normalized spacial score (nSPS) is 14.7. The highest BCUT2D eigenvalue weighted by Crippen LogP contribution is 2.24. The summed E-state index contributed by atoms with van der Waals surface area (Å²) in [5.41, 5.74) is 1.94. The van der Waals surface area contributed by atoms with Crippen LogP contribution < -0.4 is 10.2 Å². The number of aromatic nitrogens is 4. The predicted octanol–water partition coefficient (Wildman–Crippen LogP) is 3.35. The largest absolute Gasteiger partial charge is 0.341 e. The van der Waals surface area contributed by atoms with Gasteiger partial charge in [-0.05, 0) is 31.0 Å². The highest BCUT2D eigenvalue weighted by molar-refractivity contribution is 6.29. The number of nitrogens with one attached hydrogen (secondary N) is 2. The fourth-order valence-electron chi connectivity index (χ4n) is 2.70. The van der Waals surface area contributed by atoms with Crippen LogP contribution >= 0.6 is 11.6 Å².